The van der Waals surface area contributed by atoms with Crippen molar-refractivity contribution in [2.75, 3.05) is 0 Å². The molecule has 3 rings (SSSR count). The summed E-state index contributed by atoms with van der Waals surface area (Å²) in [5.74, 6) is 0.554. The molecule has 3 aromatic rings. The number of benzene rings is 1. The van der Waals surface area contributed by atoms with E-state index in [1.807, 2.05) is 19.1 Å². The lowest BCUT2D eigenvalue weighted by atomic mass is 10.1. The SMILES string of the molecule is CC(=O)N[C@@H](C)/C=C/c1ccc(Oc2ccc(-c3ccc(C(F)(F)F)cn3)cc2Cl)nc1. The Bertz CT molecular complexity index is 1110. The van der Waals surface area contributed by atoms with E-state index in [1.165, 1.54) is 13.0 Å². The van der Waals surface area contributed by atoms with Gasteiger partial charge in [0.1, 0.15) is 5.75 Å². The van der Waals surface area contributed by atoms with E-state index in [1.54, 1.807) is 36.5 Å². The number of pyridine rings is 2. The first-order valence-corrected chi connectivity index (χ1v) is 9.92. The maximum absolute atomic E-state index is 12.7. The van der Waals surface area contributed by atoms with Crippen molar-refractivity contribution >= 4 is 23.6 Å². The quantitative estimate of drug-likeness (QED) is 0.478. The van der Waals surface area contributed by atoms with Gasteiger partial charge in [0.15, 0.2) is 0 Å². The van der Waals surface area contributed by atoms with Crippen molar-refractivity contribution < 1.29 is 22.7 Å². The number of amides is 1. The van der Waals surface area contributed by atoms with Gasteiger partial charge in [-0.25, -0.2) is 4.98 Å². The first-order valence-electron chi connectivity index (χ1n) is 9.54. The number of nitrogens with one attached hydrogen (secondary N) is 1. The lowest BCUT2D eigenvalue weighted by Gasteiger charge is -2.10. The van der Waals surface area contributed by atoms with Gasteiger partial charge >= 0.3 is 6.18 Å². The Labute approximate surface area is 187 Å². The molecule has 32 heavy (non-hydrogen) atoms. The van der Waals surface area contributed by atoms with Crippen LogP contribution in [-0.4, -0.2) is 21.9 Å². The fourth-order valence-corrected chi connectivity index (χ4v) is 2.98. The van der Waals surface area contributed by atoms with Crippen molar-refractivity contribution in [2.24, 2.45) is 0 Å². The fraction of sp³-hybridized carbons (Fsp3) is 0.174. The second-order valence-corrected chi connectivity index (χ2v) is 7.36. The van der Waals surface area contributed by atoms with Crippen LogP contribution in [0.2, 0.25) is 5.02 Å². The van der Waals surface area contributed by atoms with Crippen LogP contribution in [0.15, 0.2) is 60.9 Å². The number of hydrogen-bond acceptors (Lipinski definition) is 4. The van der Waals surface area contributed by atoms with Crippen LogP contribution in [0.1, 0.15) is 25.0 Å². The summed E-state index contributed by atoms with van der Waals surface area (Å²) < 4.78 is 43.8. The highest BCUT2D eigenvalue weighted by atomic mass is 35.5. The predicted octanol–water partition coefficient (Wildman–Crippen LogP) is 6.15. The van der Waals surface area contributed by atoms with Crippen LogP contribution in [-0.2, 0) is 11.0 Å². The first kappa shape index (κ1) is 23.3. The van der Waals surface area contributed by atoms with Gasteiger partial charge in [-0.2, -0.15) is 13.2 Å². The Morgan fingerprint density at radius 3 is 2.47 bits per heavy atom. The molecule has 0 unspecified atom stereocenters. The summed E-state index contributed by atoms with van der Waals surface area (Å²) in [6.07, 6.45) is 1.62. The second kappa shape index (κ2) is 9.82. The molecule has 1 aromatic carbocycles. The number of nitrogens with zero attached hydrogens (tertiary/aromatic N) is 2. The third-order valence-electron chi connectivity index (χ3n) is 4.30. The molecular weight excluding hydrogens is 443 g/mol. The average molecular weight is 462 g/mol. The molecule has 1 N–H and O–H groups in total. The molecule has 2 aromatic heterocycles. The van der Waals surface area contributed by atoms with Crippen molar-refractivity contribution in [3.8, 4) is 22.9 Å². The number of ether oxygens (including phenoxy) is 1. The van der Waals surface area contributed by atoms with Gasteiger partial charge in [-0.3, -0.25) is 9.78 Å². The van der Waals surface area contributed by atoms with E-state index in [0.717, 1.165) is 17.8 Å². The molecule has 2 heterocycles. The molecule has 166 valence electrons. The van der Waals surface area contributed by atoms with Crippen LogP contribution in [0.5, 0.6) is 11.6 Å². The van der Waals surface area contributed by atoms with Crippen molar-refractivity contribution in [3.05, 3.63) is 77.1 Å². The summed E-state index contributed by atoms with van der Waals surface area (Å²) in [4.78, 5) is 19.1. The molecule has 0 radical (unpaired) electrons. The number of rotatable bonds is 6. The fourth-order valence-electron chi connectivity index (χ4n) is 2.76. The average Bonchev–Trinajstić information content (AvgIpc) is 2.73. The Morgan fingerprint density at radius 1 is 1.12 bits per heavy atom. The molecule has 5 nitrogen and oxygen atoms in total. The highest BCUT2D eigenvalue weighted by Gasteiger charge is 2.30. The number of carbonyl (C=O) groups excluding carboxylic acids is 1. The van der Waals surface area contributed by atoms with Gasteiger partial charge in [0.2, 0.25) is 11.8 Å². The van der Waals surface area contributed by atoms with E-state index >= 15 is 0 Å². The van der Waals surface area contributed by atoms with Crippen molar-refractivity contribution in [1.29, 1.82) is 0 Å². The van der Waals surface area contributed by atoms with Gasteiger partial charge in [-0.1, -0.05) is 23.8 Å². The molecule has 1 amide bonds. The molecule has 0 aliphatic rings. The number of hydrogen-bond donors (Lipinski definition) is 1. The molecule has 0 fully saturated rings. The van der Waals surface area contributed by atoms with E-state index < -0.39 is 11.7 Å². The maximum Gasteiger partial charge on any atom is 0.417 e. The number of alkyl halides is 3. The number of carbonyl (C=O) groups is 1. The van der Waals surface area contributed by atoms with Crippen LogP contribution in [0.3, 0.4) is 0 Å². The molecule has 0 saturated heterocycles. The molecule has 0 spiro atoms. The predicted molar refractivity (Wildman–Crippen MR) is 116 cm³/mol. The third-order valence-corrected chi connectivity index (χ3v) is 4.60. The van der Waals surface area contributed by atoms with Crippen LogP contribution in [0.25, 0.3) is 17.3 Å². The molecule has 0 aliphatic heterocycles. The smallest absolute Gasteiger partial charge is 0.417 e. The molecule has 1 atom stereocenters. The van der Waals surface area contributed by atoms with Gasteiger partial charge in [0.05, 0.1) is 16.3 Å². The minimum Gasteiger partial charge on any atom is -0.437 e. The standard InChI is InChI=1S/C23H19ClF3N3O2/c1-14(30-15(2)31)3-4-16-5-10-22(29-12-16)32-21-9-6-17(11-19(21)24)20-8-7-18(13-28-20)23(25,26)27/h3-14H,1-2H3,(H,30,31)/b4-3+/t14-/m0/s1. The van der Waals surface area contributed by atoms with Crippen molar-refractivity contribution in [1.82, 2.24) is 15.3 Å². The molecule has 0 saturated carbocycles. The van der Waals surface area contributed by atoms with Crippen LogP contribution in [0.4, 0.5) is 13.2 Å². The third kappa shape index (κ3) is 6.31. The highest BCUT2D eigenvalue weighted by molar-refractivity contribution is 6.32. The van der Waals surface area contributed by atoms with Gasteiger partial charge in [0, 0.05) is 37.0 Å². The van der Waals surface area contributed by atoms with E-state index in [9.17, 15) is 18.0 Å². The summed E-state index contributed by atoms with van der Waals surface area (Å²) in [5, 5.41) is 3.01. The monoisotopic (exact) mass is 461 g/mol. The van der Waals surface area contributed by atoms with Crippen LogP contribution >= 0.6 is 11.6 Å². The molecule has 0 aliphatic carbocycles. The van der Waals surface area contributed by atoms with E-state index in [-0.39, 0.29) is 17.0 Å². The van der Waals surface area contributed by atoms with Gasteiger partial charge in [-0.15, -0.1) is 0 Å². The summed E-state index contributed by atoms with van der Waals surface area (Å²) >= 11 is 6.28. The summed E-state index contributed by atoms with van der Waals surface area (Å²) in [6.45, 7) is 3.31. The lowest BCUT2D eigenvalue weighted by Crippen LogP contribution is -2.28. The minimum atomic E-state index is -4.44. The Hall–Kier alpha value is -3.39. The van der Waals surface area contributed by atoms with Crippen LogP contribution in [0, 0.1) is 0 Å². The molecule has 9 heteroatoms. The topological polar surface area (TPSA) is 64.1 Å². The number of halogens is 4. The highest BCUT2D eigenvalue weighted by Crippen LogP contribution is 2.34. The Balaban J connectivity index is 1.68. The minimum absolute atomic E-state index is 0.110. The van der Waals surface area contributed by atoms with Gasteiger partial charge in [0.25, 0.3) is 0 Å². The first-order chi connectivity index (χ1) is 15.1. The molecular formula is C23H19ClF3N3O2. The maximum atomic E-state index is 12.7. The summed E-state index contributed by atoms with van der Waals surface area (Å²) in [7, 11) is 0. The zero-order chi connectivity index (χ0) is 23.3. The second-order valence-electron chi connectivity index (χ2n) is 6.96. The van der Waals surface area contributed by atoms with E-state index in [4.69, 9.17) is 16.3 Å². The largest absolute Gasteiger partial charge is 0.437 e. The number of aromatic nitrogens is 2. The van der Waals surface area contributed by atoms with Gasteiger partial charge < -0.3 is 10.1 Å². The van der Waals surface area contributed by atoms with E-state index in [0.29, 0.717) is 22.9 Å². The Kier molecular flexibility index (Phi) is 7.15. The Morgan fingerprint density at radius 2 is 1.91 bits per heavy atom. The molecule has 0 bridgehead atoms. The zero-order valence-corrected chi connectivity index (χ0v) is 17.9. The zero-order valence-electron chi connectivity index (χ0n) is 17.2. The van der Waals surface area contributed by atoms with Gasteiger partial charge in [-0.05, 0) is 48.9 Å². The lowest BCUT2D eigenvalue weighted by molar-refractivity contribution is -0.137. The normalized spacial score (nSPS) is 12.6. The van der Waals surface area contributed by atoms with Crippen molar-refractivity contribution in [3.63, 3.8) is 0 Å². The van der Waals surface area contributed by atoms with Crippen LogP contribution < -0.4 is 10.1 Å². The summed E-state index contributed by atoms with van der Waals surface area (Å²) in [6, 6.07) is 10.4. The van der Waals surface area contributed by atoms with Crippen molar-refractivity contribution in [2.45, 2.75) is 26.1 Å². The summed E-state index contributed by atoms with van der Waals surface area (Å²) in [5.41, 5.74) is 0.914. The van der Waals surface area contributed by atoms with E-state index in [2.05, 4.69) is 15.3 Å².